The summed E-state index contributed by atoms with van der Waals surface area (Å²) in [5.74, 6) is 0. The molecule has 1 rings (SSSR count). The van der Waals surface area contributed by atoms with Crippen LogP contribution in [0.25, 0.3) is 0 Å². The van der Waals surface area contributed by atoms with E-state index in [4.69, 9.17) is 0 Å². The molecule has 0 spiro atoms. The largest absolute Gasteiger partial charge is 0.355 e. The number of carbonyl (C=O) groups excluding carboxylic acids is 1. The van der Waals surface area contributed by atoms with Gasteiger partial charge < -0.3 is 5.32 Å². The molecule has 1 N–H and O–H groups in total. The van der Waals surface area contributed by atoms with Gasteiger partial charge in [0.05, 0.1) is 0 Å². The lowest BCUT2D eigenvalue weighted by Gasteiger charge is -1.98. The zero-order valence-electron chi connectivity index (χ0n) is 5.88. The van der Waals surface area contributed by atoms with Gasteiger partial charge in [-0.25, -0.2) is 0 Å². The molecule has 11 heavy (non-hydrogen) atoms. The maximum atomic E-state index is 9.95. The predicted molar refractivity (Wildman–Crippen MR) is 52.1 cm³/mol. The summed E-state index contributed by atoms with van der Waals surface area (Å²) in [5.41, 5.74) is 1.13. The van der Waals surface area contributed by atoms with Gasteiger partial charge in [0.2, 0.25) is 6.41 Å². The van der Waals surface area contributed by atoms with Crippen LogP contribution in [0.4, 0.5) is 0 Å². The van der Waals surface area contributed by atoms with Crippen molar-refractivity contribution in [3.8, 4) is 0 Å². The molecule has 0 fully saturated rings. The number of nitrogens with one attached hydrogen (secondary N) is 1. The van der Waals surface area contributed by atoms with Gasteiger partial charge in [-0.1, -0.05) is 12.1 Å². The van der Waals surface area contributed by atoms with Crippen LogP contribution >= 0.6 is 22.6 Å². The third-order valence-corrected chi connectivity index (χ3v) is 1.95. The molecule has 0 bridgehead atoms. The second-order valence-electron chi connectivity index (χ2n) is 2.13. The Morgan fingerprint density at radius 1 is 1.55 bits per heavy atom. The Morgan fingerprint density at radius 2 is 2.36 bits per heavy atom. The van der Waals surface area contributed by atoms with Gasteiger partial charge in [-0.2, -0.15) is 0 Å². The number of carbonyl (C=O) groups is 1. The van der Waals surface area contributed by atoms with Gasteiger partial charge in [-0.15, -0.1) is 0 Å². The molecule has 0 atom stereocenters. The van der Waals surface area contributed by atoms with Crippen molar-refractivity contribution in [2.75, 3.05) is 0 Å². The Labute approximate surface area is 79.1 Å². The van der Waals surface area contributed by atoms with Crippen molar-refractivity contribution >= 4 is 29.0 Å². The first-order valence-electron chi connectivity index (χ1n) is 3.24. The summed E-state index contributed by atoms with van der Waals surface area (Å²) in [4.78, 5) is 9.95. The second kappa shape index (κ2) is 4.33. The van der Waals surface area contributed by atoms with Crippen molar-refractivity contribution in [1.29, 1.82) is 0 Å². The lowest BCUT2D eigenvalue weighted by molar-refractivity contribution is -0.109. The van der Waals surface area contributed by atoms with E-state index in [1.54, 1.807) is 0 Å². The second-order valence-corrected chi connectivity index (χ2v) is 3.37. The van der Waals surface area contributed by atoms with E-state index in [2.05, 4.69) is 27.9 Å². The third-order valence-electron chi connectivity index (χ3n) is 1.28. The fourth-order valence-electron chi connectivity index (χ4n) is 0.806. The first-order chi connectivity index (χ1) is 5.33. The van der Waals surface area contributed by atoms with Crippen LogP contribution < -0.4 is 5.32 Å². The van der Waals surface area contributed by atoms with Gasteiger partial charge in [-0.05, 0) is 40.3 Å². The summed E-state index contributed by atoms with van der Waals surface area (Å²) in [6, 6.07) is 8.02. The van der Waals surface area contributed by atoms with E-state index in [0.717, 1.165) is 5.56 Å². The quantitative estimate of drug-likeness (QED) is 0.649. The Hall–Kier alpha value is -0.580. The van der Waals surface area contributed by atoms with Crippen LogP contribution in [0.5, 0.6) is 0 Å². The molecule has 1 aromatic rings. The monoisotopic (exact) mass is 261 g/mol. The van der Waals surface area contributed by atoms with E-state index in [0.29, 0.717) is 13.0 Å². The maximum Gasteiger partial charge on any atom is 0.207 e. The van der Waals surface area contributed by atoms with Crippen molar-refractivity contribution < 1.29 is 4.79 Å². The van der Waals surface area contributed by atoms with Gasteiger partial charge in [0, 0.05) is 10.1 Å². The fraction of sp³-hybridized carbons (Fsp3) is 0.125. The van der Waals surface area contributed by atoms with Crippen LogP contribution in [0.2, 0.25) is 0 Å². The molecule has 0 radical (unpaired) electrons. The van der Waals surface area contributed by atoms with Crippen LogP contribution in [0.15, 0.2) is 24.3 Å². The highest BCUT2D eigenvalue weighted by Crippen LogP contribution is 2.06. The van der Waals surface area contributed by atoms with Crippen molar-refractivity contribution in [3.63, 3.8) is 0 Å². The molecule has 0 heterocycles. The topological polar surface area (TPSA) is 29.1 Å². The molecule has 0 aliphatic heterocycles. The summed E-state index contributed by atoms with van der Waals surface area (Å²) >= 11 is 2.24. The molecule has 0 saturated heterocycles. The third kappa shape index (κ3) is 2.88. The normalized spacial score (nSPS) is 9.18. The van der Waals surface area contributed by atoms with Gasteiger partial charge >= 0.3 is 0 Å². The molecule has 2 nitrogen and oxygen atoms in total. The van der Waals surface area contributed by atoms with E-state index in [9.17, 15) is 4.79 Å². The molecular formula is C8H8INO. The van der Waals surface area contributed by atoms with Gasteiger partial charge in [0.25, 0.3) is 0 Å². The van der Waals surface area contributed by atoms with E-state index in [1.807, 2.05) is 24.3 Å². The Morgan fingerprint density at radius 3 is 3.00 bits per heavy atom. The highest BCUT2D eigenvalue weighted by Gasteiger charge is 1.90. The Kier molecular flexibility index (Phi) is 3.35. The zero-order valence-corrected chi connectivity index (χ0v) is 8.04. The minimum Gasteiger partial charge on any atom is -0.355 e. The highest BCUT2D eigenvalue weighted by atomic mass is 127. The number of halogens is 1. The van der Waals surface area contributed by atoms with Crippen molar-refractivity contribution in [2.45, 2.75) is 6.54 Å². The lowest BCUT2D eigenvalue weighted by atomic mass is 10.2. The summed E-state index contributed by atoms with van der Waals surface area (Å²) in [7, 11) is 0. The first kappa shape index (κ1) is 8.52. The van der Waals surface area contributed by atoms with Crippen LogP contribution in [0.3, 0.4) is 0 Å². The summed E-state index contributed by atoms with van der Waals surface area (Å²) < 4.78 is 1.19. The SMILES string of the molecule is O=CNCc1cccc(I)c1. The molecule has 0 saturated carbocycles. The molecule has 1 aromatic carbocycles. The molecular weight excluding hydrogens is 253 g/mol. The smallest absolute Gasteiger partial charge is 0.207 e. The van der Waals surface area contributed by atoms with E-state index in [1.165, 1.54) is 3.57 Å². The van der Waals surface area contributed by atoms with Crippen LogP contribution in [0, 0.1) is 3.57 Å². The summed E-state index contributed by atoms with van der Waals surface area (Å²) in [6.07, 6.45) is 0.708. The molecule has 0 unspecified atom stereocenters. The maximum absolute atomic E-state index is 9.95. The first-order valence-corrected chi connectivity index (χ1v) is 4.32. The van der Waals surface area contributed by atoms with Crippen molar-refractivity contribution in [3.05, 3.63) is 33.4 Å². The molecule has 3 heteroatoms. The van der Waals surface area contributed by atoms with Gasteiger partial charge in [0.1, 0.15) is 0 Å². The molecule has 0 aromatic heterocycles. The standard InChI is InChI=1S/C8H8INO/c9-8-3-1-2-7(4-8)5-10-6-11/h1-4,6H,5H2,(H,10,11). The van der Waals surface area contributed by atoms with E-state index < -0.39 is 0 Å². The fourth-order valence-corrected chi connectivity index (χ4v) is 1.41. The highest BCUT2D eigenvalue weighted by molar-refractivity contribution is 14.1. The summed E-state index contributed by atoms with van der Waals surface area (Å²) in [5, 5.41) is 2.61. The lowest BCUT2D eigenvalue weighted by Crippen LogP contribution is -2.09. The Bertz CT molecular complexity index is 250. The number of benzene rings is 1. The Balaban J connectivity index is 2.63. The number of rotatable bonds is 3. The number of amides is 1. The number of hydrogen-bond acceptors (Lipinski definition) is 1. The van der Waals surface area contributed by atoms with Crippen LogP contribution in [-0.4, -0.2) is 6.41 Å². The number of hydrogen-bond donors (Lipinski definition) is 1. The summed E-state index contributed by atoms with van der Waals surface area (Å²) in [6.45, 7) is 0.611. The molecule has 0 aliphatic rings. The van der Waals surface area contributed by atoms with Crippen LogP contribution in [-0.2, 0) is 11.3 Å². The molecule has 58 valence electrons. The average Bonchev–Trinajstić information content (AvgIpc) is 2.01. The van der Waals surface area contributed by atoms with Crippen LogP contribution in [0.1, 0.15) is 5.56 Å². The minimum atomic E-state index is 0.611. The van der Waals surface area contributed by atoms with Gasteiger partial charge in [0.15, 0.2) is 0 Å². The van der Waals surface area contributed by atoms with E-state index >= 15 is 0 Å². The predicted octanol–water partition coefficient (Wildman–Crippen LogP) is 1.54. The van der Waals surface area contributed by atoms with Crippen molar-refractivity contribution in [1.82, 2.24) is 5.32 Å². The van der Waals surface area contributed by atoms with Gasteiger partial charge in [-0.3, -0.25) is 4.79 Å². The minimum absolute atomic E-state index is 0.611. The molecule has 1 amide bonds. The van der Waals surface area contributed by atoms with Crippen molar-refractivity contribution in [2.24, 2.45) is 0 Å². The molecule has 0 aliphatic carbocycles. The zero-order chi connectivity index (χ0) is 8.10. The average molecular weight is 261 g/mol. The van der Waals surface area contributed by atoms with E-state index in [-0.39, 0.29) is 0 Å².